The third-order valence-electron chi connectivity index (χ3n) is 3.59. The number of anilines is 1. The van der Waals surface area contributed by atoms with Crippen molar-refractivity contribution < 1.29 is 18.4 Å². The average Bonchev–Trinajstić information content (AvgIpc) is 2.58. The van der Waals surface area contributed by atoms with Gasteiger partial charge in [-0.25, -0.2) is 13.1 Å². The van der Waals surface area contributed by atoms with Crippen LogP contribution in [0.25, 0.3) is 0 Å². The molecule has 0 saturated carbocycles. The summed E-state index contributed by atoms with van der Waals surface area (Å²) in [5.41, 5.74) is -0.303. The first-order valence-corrected chi connectivity index (χ1v) is 9.77. The predicted octanol–water partition coefficient (Wildman–Crippen LogP) is 2.82. The van der Waals surface area contributed by atoms with Crippen LogP contribution in [0.15, 0.2) is 53.4 Å². The van der Waals surface area contributed by atoms with Gasteiger partial charge in [-0.05, 0) is 38.5 Å². The second-order valence-electron chi connectivity index (χ2n) is 7.10. The van der Waals surface area contributed by atoms with E-state index in [1.165, 1.54) is 12.1 Å². The number of aliphatic hydroxyl groups excluding tert-OH is 1. The summed E-state index contributed by atoms with van der Waals surface area (Å²) in [4.78, 5) is 10.5. The molecule has 1 atom stereocenters. The van der Waals surface area contributed by atoms with E-state index in [4.69, 9.17) is 0 Å². The van der Waals surface area contributed by atoms with Crippen molar-refractivity contribution in [2.75, 3.05) is 11.9 Å². The summed E-state index contributed by atoms with van der Waals surface area (Å²) in [5, 5.41) is 24.4. The van der Waals surface area contributed by atoms with Crippen molar-refractivity contribution in [1.29, 1.82) is 0 Å². The smallest absolute Gasteiger partial charge is 0.293 e. The Kier molecular flexibility index (Phi) is 6.19. The minimum absolute atomic E-state index is 0.0389. The number of nitrogens with zero attached hydrogens (tertiary/aromatic N) is 1. The number of rotatable bonds is 7. The van der Waals surface area contributed by atoms with Crippen LogP contribution < -0.4 is 10.0 Å². The van der Waals surface area contributed by atoms with Crippen molar-refractivity contribution in [2.24, 2.45) is 0 Å². The SMILES string of the molecule is CC(C)(C)NS(=O)(=O)c1ccc(NC[C@@H](O)c2ccccc2)c([N+](=O)[O-])c1. The maximum Gasteiger partial charge on any atom is 0.293 e. The van der Waals surface area contributed by atoms with Crippen LogP contribution in [0.3, 0.4) is 0 Å². The summed E-state index contributed by atoms with van der Waals surface area (Å²) in [7, 11) is -3.90. The Labute approximate surface area is 158 Å². The number of benzene rings is 2. The molecular formula is C18H23N3O5S. The van der Waals surface area contributed by atoms with E-state index in [9.17, 15) is 23.6 Å². The number of nitro benzene ring substituents is 1. The molecule has 0 spiro atoms. The monoisotopic (exact) mass is 393 g/mol. The van der Waals surface area contributed by atoms with E-state index < -0.39 is 26.6 Å². The second kappa shape index (κ2) is 8.03. The summed E-state index contributed by atoms with van der Waals surface area (Å²) in [6.45, 7) is 5.08. The van der Waals surface area contributed by atoms with Crippen LogP contribution in [-0.4, -0.2) is 30.5 Å². The summed E-state index contributed by atoms with van der Waals surface area (Å²) in [5.74, 6) is 0. The number of nitro groups is 1. The average molecular weight is 393 g/mol. The Hall–Kier alpha value is -2.49. The van der Waals surface area contributed by atoms with Crippen molar-refractivity contribution >= 4 is 21.4 Å². The van der Waals surface area contributed by atoms with Crippen LogP contribution in [0.1, 0.15) is 32.4 Å². The quantitative estimate of drug-likeness (QED) is 0.491. The normalized spacial score (nSPS) is 13.2. The number of hydrogen-bond donors (Lipinski definition) is 3. The zero-order valence-electron chi connectivity index (χ0n) is 15.3. The lowest BCUT2D eigenvalue weighted by molar-refractivity contribution is -0.384. The summed E-state index contributed by atoms with van der Waals surface area (Å²) in [6, 6.07) is 12.5. The standard InChI is InChI=1S/C18H23N3O5S/c1-18(2,3)20-27(25,26)14-9-10-15(16(11-14)21(23)24)19-12-17(22)13-7-5-4-6-8-13/h4-11,17,19-20,22H,12H2,1-3H3/t17-/m1/s1. The molecule has 0 saturated heterocycles. The first-order chi connectivity index (χ1) is 12.5. The van der Waals surface area contributed by atoms with Gasteiger partial charge in [0.15, 0.2) is 0 Å². The largest absolute Gasteiger partial charge is 0.387 e. The van der Waals surface area contributed by atoms with E-state index in [0.717, 1.165) is 6.07 Å². The Bertz CT molecular complexity index is 908. The highest BCUT2D eigenvalue weighted by atomic mass is 32.2. The molecule has 0 aliphatic rings. The van der Waals surface area contributed by atoms with E-state index in [0.29, 0.717) is 5.56 Å². The molecule has 2 aromatic carbocycles. The zero-order valence-corrected chi connectivity index (χ0v) is 16.2. The molecule has 0 aromatic heterocycles. The first kappa shape index (κ1) is 20.8. The van der Waals surface area contributed by atoms with E-state index >= 15 is 0 Å². The third-order valence-corrected chi connectivity index (χ3v) is 5.34. The van der Waals surface area contributed by atoms with Gasteiger partial charge < -0.3 is 10.4 Å². The Morgan fingerprint density at radius 1 is 1.15 bits per heavy atom. The lowest BCUT2D eigenvalue weighted by Crippen LogP contribution is -2.40. The van der Waals surface area contributed by atoms with Crippen LogP contribution in [0.5, 0.6) is 0 Å². The number of aliphatic hydroxyl groups is 1. The van der Waals surface area contributed by atoms with Gasteiger partial charge in [0.1, 0.15) is 5.69 Å². The Balaban J connectivity index is 2.24. The topological polar surface area (TPSA) is 122 Å². The highest BCUT2D eigenvalue weighted by molar-refractivity contribution is 7.89. The fourth-order valence-electron chi connectivity index (χ4n) is 2.44. The fourth-order valence-corrected chi connectivity index (χ4v) is 3.88. The van der Waals surface area contributed by atoms with Gasteiger partial charge in [0.05, 0.1) is 15.9 Å². The molecule has 0 amide bonds. The van der Waals surface area contributed by atoms with Crippen molar-refractivity contribution in [2.45, 2.75) is 37.3 Å². The predicted molar refractivity (Wildman–Crippen MR) is 103 cm³/mol. The minimum atomic E-state index is -3.90. The van der Waals surface area contributed by atoms with Crippen molar-refractivity contribution in [3.05, 3.63) is 64.2 Å². The van der Waals surface area contributed by atoms with E-state index in [2.05, 4.69) is 10.0 Å². The third kappa shape index (κ3) is 5.75. The molecule has 0 radical (unpaired) electrons. The Morgan fingerprint density at radius 2 is 1.78 bits per heavy atom. The van der Waals surface area contributed by atoms with Crippen molar-refractivity contribution in [3.63, 3.8) is 0 Å². The molecule has 2 rings (SSSR count). The molecule has 27 heavy (non-hydrogen) atoms. The van der Waals surface area contributed by atoms with Crippen LogP contribution in [0.4, 0.5) is 11.4 Å². The van der Waals surface area contributed by atoms with Crippen LogP contribution in [-0.2, 0) is 10.0 Å². The second-order valence-corrected chi connectivity index (χ2v) is 8.78. The number of hydrogen-bond acceptors (Lipinski definition) is 6. The minimum Gasteiger partial charge on any atom is -0.387 e. The van der Waals surface area contributed by atoms with Crippen molar-refractivity contribution in [3.8, 4) is 0 Å². The number of sulfonamides is 1. The van der Waals surface area contributed by atoms with Crippen LogP contribution >= 0.6 is 0 Å². The van der Waals surface area contributed by atoms with Crippen LogP contribution in [0.2, 0.25) is 0 Å². The molecule has 0 aliphatic carbocycles. The summed E-state index contributed by atoms with van der Waals surface area (Å²) >= 11 is 0. The van der Waals surface area contributed by atoms with E-state index in [1.807, 2.05) is 6.07 Å². The maximum atomic E-state index is 12.4. The van der Waals surface area contributed by atoms with Gasteiger partial charge in [-0.3, -0.25) is 10.1 Å². The van der Waals surface area contributed by atoms with Gasteiger partial charge in [-0.2, -0.15) is 0 Å². The summed E-state index contributed by atoms with van der Waals surface area (Å²) < 4.78 is 27.2. The van der Waals surface area contributed by atoms with Crippen LogP contribution in [0, 0.1) is 10.1 Å². The van der Waals surface area contributed by atoms with Gasteiger partial charge in [-0.1, -0.05) is 30.3 Å². The lowest BCUT2D eigenvalue weighted by atomic mass is 10.1. The van der Waals surface area contributed by atoms with E-state index in [-0.39, 0.29) is 22.8 Å². The molecule has 8 nitrogen and oxygen atoms in total. The molecule has 9 heteroatoms. The highest BCUT2D eigenvalue weighted by Crippen LogP contribution is 2.28. The Morgan fingerprint density at radius 3 is 2.33 bits per heavy atom. The first-order valence-electron chi connectivity index (χ1n) is 8.29. The van der Waals surface area contributed by atoms with Gasteiger partial charge >= 0.3 is 0 Å². The molecule has 0 bridgehead atoms. The highest BCUT2D eigenvalue weighted by Gasteiger charge is 2.25. The molecule has 2 aromatic rings. The lowest BCUT2D eigenvalue weighted by Gasteiger charge is -2.20. The van der Waals surface area contributed by atoms with Gasteiger partial charge in [-0.15, -0.1) is 0 Å². The number of nitrogens with one attached hydrogen (secondary N) is 2. The molecular weight excluding hydrogens is 370 g/mol. The molecule has 146 valence electrons. The van der Waals surface area contributed by atoms with E-state index in [1.54, 1.807) is 45.0 Å². The van der Waals surface area contributed by atoms with Crippen molar-refractivity contribution in [1.82, 2.24) is 4.72 Å². The molecule has 0 fully saturated rings. The zero-order chi connectivity index (χ0) is 20.2. The molecule has 0 aliphatic heterocycles. The fraction of sp³-hybridized carbons (Fsp3) is 0.333. The van der Waals surface area contributed by atoms with Gasteiger partial charge in [0.2, 0.25) is 10.0 Å². The van der Waals surface area contributed by atoms with Gasteiger partial charge in [0.25, 0.3) is 5.69 Å². The molecule has 0 unspecified atom stereocenters. The van der Waals surface area contributed by atoms with Gasteiger partial charge in [0, 0.05) is 18.2 Å². The summed E-state index contributed by atoms with van der Waals surface area (Å²) in [6.07, 6.45) is -0.864. The molecule has 0 heterocycles. The molecule has 3 N–H and O–H groups in total. The maximum absolute atomic E-state index is 12.4.